The number of fused-ring (bicyclic) bond motifs is 1. The van der Waals surface area contributed by atoms with E-state index in [2.05, 4.69) is 42.8 Å². The fourth-order valence-corrected chi connectivity index (χ4v) is 5.08. The lowest BCUT2D eigenvalue weighted by Crippen LogP contribution is -2.42. The van der Waals surface area contributed by atoms with Gasteiger partial charge in [-0.1, -0.05) is 86.8 Å². The van der Waals surface area contributed by atoms with Gasteiger partial charge in [-0.2, -0.15) is 0 Å². The maximum absolute atomic E-state index is 13.2. The first-order chi connectivity index (χ1) is 17.8. The van der Waals surface area contributed by atoms with Gasteiger partial charge in [-0.25, -0.2) is 4.79 Å². The zero-order valence-corrected chi connectivity index (χ0v) is 24.2. The third-order valence-electron chi connectivity index (χ3n) is 6.06. The van der Waals surface area contributed by atoms with Gasteiger partial charge in [0.1, 0.15) is 0 Å². The van der Waals surface area contributed by atoms with Crippen LogP contribution in [0.4, 0.5) is 16.2 Å². The van der Waals surface area contributed by atoms with Crippen LogP contribution in [0.15, 0.2) is 54.6 Å². The van der Waals surface area contributed by atoms with Gasteiger partial charge >= 0.3 is 6.03 Å². The van der Waals surface area contributed by atoms with E-state index in [1.807, 2.05) is 44.2 Å². The van der Waals surface area contributed by atoms with E-state index in [1.54, 1.807) is 23.1 Å². The molecular formula is C29H35Cl3N4O. The van der Waals surface area contributed by atoms with Gasteiger partial charge in [0.25, 0.3) is 0 Å². The second-order valence-electron chi connectivity index (χ2n) is 8.90. The number of benzene rings is 3. The number of para-hydroxylation sites is 1. The first kappa shape index (κ1) is 29.3. The topological polar surface area (TPSA) is 56.4 Å². The Balaban J connectivity index is 0.00000186. The van der Waals surface area contributed by atoms with Crippen molar-refractivity contribution >= 4 is 52.2 Å². The Morgan fingerprint density at radius 2 is 1.49 bits per heavy atom. The lowest BCUT2D eigenvalue weighted by Gasteiger charge is -2.34. The number of nitrogens with zero attached hydrogens (tertiary/aromatic N) is 1. The summed E-state index contributed by atoms with van der Waals surface area (Å²) in [6.45, 7) is 12.4. The summed E-state index contributed by atoms with van der Waals surface area (Å²) >= 11 is 19.7. The van der Waals surface area contributed by atoms with Crippen molar-refractivity contribution in [3.63, 3.8) is 0 Å². The molecule has 0 spiro atoms. The lowest BCUT2D eigenvalue weighted by molar-refractivity contribution is 0.247. The molecule has 8 heteroatoms. The van der Waals surface area contributed by atoms with E-state index in [9.17, 15) is 4.79 Å². The average Bonchev–Trinajstić information content (AvgIpc) is 2.88. The van der Waals surface area contributed by atoms with Crippen molar-refractivity contribution in [3.8, 4) is 11.1 Å². The summed E-state index contributed by atoms with van der Waals surface area (Å²) in [5.74, 6) is 0. The maximum Gasteiger partial charge on any atom is 0.326 e. The Morgan fingerprint density at radius 3 is 2.14 bits per heavy atom. The summed E-state index contributed by atoms with van der Waals surface area (Å²) in [7, 11) is 0. The van der Waals surface area contributed by atoms with Gasteiger partial charge in [0, 0.05) is 47.9 Å². The first-order valence-corrected chi connectivity index (χ1v) is 13.8. The van der Waals surface area contributed by atoms with Gasteiger partial charge in [0.05, 0.1) is 21.4 Å². The molecule has 3 aromatic rings. The zero-order valence-electron chi connectivity index (χ0n) is 22.0. The van der Waals surface area contributed by atoms with Crippen molar-refractivity contribution in [1.82, 2.24) is 16.0 Å². The van der Waals surface area contributed by atoms with Gasteiger partial charge in [-0.3, -0.25) is 4.90 Å². The molecule has 1 atom stereocenters. The van der Waals surface area contributed by atoms with Gasteiger partial charge in [-0.05, 0) is 48.4 Å². The molecule has 0 bridgehead atoms. The monoisotopic (exact) mass is 560 g/mol. The molecule has 1 aliphatic rings. The number of carbonyl (C=O) groups excluding carboxylic acids is 1. The molecule has 198 valence electrons. The standard InChI is InChI=1S/C27H29Cl3N4O.C2H6/c1-16(2)31-11-12-32-17(3)18-13-20(19-7-4-5-8-22(19)28)21-15-33-27(35)34(25(21)14-18)26-23(29)9-6-10-24(26)30;1-2/h4-10,13-14,16-17,31-32H,11-12,15H2,1-3H3,(H,33,35);1-2H3. The van der Waals surface area contributed by atoms with Crippen molar-refractivity contribution in [2.75, 3.05) is 18.0 Å². The highest BCUT2D eigenvalue weighted by molar-refractivity contribution is 6.40. The van der Waals surface area contributed by atoms with Crippen LogP contribution in [-0.2, 0) is 6.54 Å². The molecule has 0 radical (unpaired) electrons. The normalized spacial score (nSPS) is 13.5. The minimum Gasteiger partial charge on any atom is -0.333 e. The molecule has 3 N–H and O–H groups in total. The summed E-state index contributed by atoms with van der Waals surface area (Å²) in [4.78, 5) is 14.7. The predicted molar refractivity (Wildman–Crippen MR) is 159 cm³/mol. The van der Waals surface area contributed by atoms with Crippen LogP contribution in [0, 0.1) is 0 Å². The number of rotatable bonds is 8. The number of halogens is 3. The van der Waals surface area contributed by atoms with Gasteiger partial charge < -0.3 is 16.0 Å². The highest BCUT2D eigenvalue weighted by Gasteiger charge is 2.31. The Labute approximate surface area is 235 Å². The van der Waals surface area contributed by atoms with E-state index >= 15 is 0 Å². The van der Waals surface area contributed by atoms with E-state index in [4.69, 9.17) is 34.8 Å². The van der Waals surface area contributed by atoms with Crippen LogP contribution in [-0.4, -0.2) is 25.2 Å². The lowest BCUT2D eigenvalue weighted by atomic mass is 9.91. The quantitative estimate of drug-likeness (QED) is 0.242. The number of hydrogen-bond donors (Lipinski definition) is 3. The minimum atomic E-state index is -0.281. The third-order valence-corrected chi connectivity index (χ3v) is 7.00. The van der Waals surface area contributed by atoms with Crippen molar-refractivity contribution in [3.05, 3.63) is 80.8 Å². The SMILES string of the molecule is CC.CC(C)NCCNC(C)c1cc(-c2ccccc2Cl)c2c(c1)N(c1c(Cl)cccc1Cl)C(=O)NC2. The summed E-state index contributed by atoms with van der Waals surface area (Å²) < 4.78 is 0. The summed E-state index contributed by atoms with van der Waals surface area (Å²) in [5, 5.41) is 11.4. The number of amides is 2. The molecule has 2 amide bonds. The van der Waals surface area contributed by atoms with Crippen LogP contribution < -0.4 is 20.9 Å². The number of nitrogens with one attached hydrogen (secondary N) is 3. The molecule has 37 heavy (non-hydrogen) atoms. The molecule has 0 aliphatic carbocycles. The Bertz CT molecular complexity index is 1210. The summed E-state index contributed by atoms with van der Waals surface area (Å²) in [5.41, 5.74) is 5.05. The van der Waals surface area contributed by atoms with Crippen LogP contribution in [0.3, 0.4) is 0 Å². The number of anilines is 2. The fourth-order valence-electron chi connectivity index (χ4n) is 4.28. The number of hydrogen-bond acceptors (Lipinski definition) is 3. The van der Waals surface area contributed by atoms with Crippen LogP contribution in [0.5, 0.6) is 0 Å². The number of carbonyl (C=O) groups is 1. The van der Waals surface area contributed by atoms with Gasteiger partial charge in [0.2, 0.25) is 0 Å². The summed E-state index contributed by atoms with van der Waals surface area (Å²) in [6.07, 6.45) is 0. The van der Waals surface area contributed by atoms with Crippen molar-refractivity contribution < 1.29 is 4.79 Å². The van der Waals surface area contributed by atoms with Crippen LogP contribution in [0.1, 0.15) is 51.8 Å². The molecule has 5 nitrogen and oxygen atoms in total. The second-order valence-corrected chi connectivity index (χ2v) is 10.1. The van der Waals surface area contributed by atoms with E-state index in [0.717, 1.165) is 41.0 Å². The van der Waals surface area contributed by atoms with E-state index in [-0.39, 0.29) is 12.1 Å². The molecule has 0 saturated heterocycles. The second kappa shape index (κ2) is 13.5. The Morgan fingerprint density at radius 1 is 0.865 bits per heavy atom. The Kier molecular flexibility index (Phi) is 10.7. The van der Waals surface area contributed by atoms with Crippen LogP contribution >= 0.6 is 34.8 Å². The third kappa shape index (κ3) is 6.78. The highest BCUT2D eigenvalue weighted by Crippen LogP contribution is 2.45. The largest absolute Gasteiger partial charge is 0.333 e. The fraction of sp³-hybridized carbons (Fsp3) is 0.345. The molecule has 1 heterocycles. The molecule has 0 saturated carbocycles. The van der Waals surface area contributed by atoms with Crippen molar-refractivity contribution in [1.29, 1.82) is 0 Å². The molecule has 0 aromatic heterocycles. The van der Waals surface area contributed by atoms with E-state index in [0.29, 0.717) is 33.3 Å². The van der Waals surface area contributed by atoms with Gasteiger partial charge in [-0.15, -0.1) is 0 Å². The molecule has 4 rings (SSSR count). The van der Waals surface area contributed by atoms with E-state index < -0.39 is 0 Å². The minimum absolute atomic E-state index is 0.0315. The van der Waals surface area contributed by atoms with Gasteiger partial charge in [0.15, 0.2) is 0 Å². The molecular weight excluding hydrogens is 527 g/mol. The molecule has 1 aliphatic heterocycles. The first-order valence-electron chi connectivity index (χ1n) is 12.7. The van der Waals surface area contributed by atoms with Crippen molar-refractivity contribution in [2.45, 2.75) is 53.2 Å². The molecule has 3 aromatic carbocycles. The zero-order chi connectivity index (χ0) is 27.1. The average molecular weight is 562 g/mol. The molecule has 1 unspecified atom stereocenters. The number of urea groups is 1. The Hall–Kier alpha value is -2.28. The molecule has 0 fully saturated rings. The smallest absolute Gasteiger partial charge is 0.326 e. The van der Waals surface area contributed by atoms with Crippen LogP contribution in [0.2, 0.25) is 15.1 Å². The highest BCUT2D eigenvalue weighted by atomic mass is 35.5. The summed E-state index contributed by atoms with van der Waals surface area (Å²) in [6, 6.07) is 17.3. The predicted octanol–water partition coefficient (Wildman–Crippen LogP) is 8.35. The van der Waals surface area contributed by atoms with E-state index in [1.165, 1.54) is 0 Å². The van der Waals surface area contributed by atoms with Crippen molar-refractivity contribution in [2.24, 2.45) is 0 Å². The maximum atomic E-state index is 13.2. The van der Waals surface area contributed by atoms with Crippen LogP contribution in [0.25, 0.3) is 11.1 Å².